The molecular formula is C52H65Cl2N2NaO7. The number of carbonyl (C=O) groups is 2. The minimum Gasteiger partial charge on any atom is -0.870 e. The third kappa shape index (κ3) is 12.9. The molecule has 2 N–H and O–H groups in total. The Labute approximate surface area is 412 Å². The van der Waals surface area contributed by atoms with Gasteiger partial charge in [0.25, 0.3) is 0 Å². The number of hydrogen-bond donors (Lipinski definition) is 1. The number of benzene rings is 4. The van der Waals surface area contributed by atoms with Gasteiger partial charge in [0.05, 0.1) is 6.61 Å². The number of hydrogen-bond acceptors (Lipinski definition) is 8. The molecule has 2 heterocycles. The average Bonchev–Trinajstić information content (AvgIpc) is 3.78. The van der Waals surface area contributed by atoms with Crippen LogP contribution in [0.3, 0.4) is 0 Å². The van der Waals surface area contributed by atoms with Crippen LogP contribution in [0.25, 0.3) is 0 Å². The van der Waals surface area contributed by atoms with Gasteiger partial charge in [0.1, 0.15) is 24.7 Å². The third-order valence-electron chi connectivity index (χ3n) is 13.3. The normalized spacial score (nSPS) is 17.3. The zero-order valence-electron chi connectivity index (χ0n) is 38.7. The number of aryl methyl sites for hydroxylation is 2. The third-order valence-corrected chi connectivity index (χ3v) is 14.0. The Hall–Kier alpha value is -3.12. The van der Waals surface area contributed by atoms with E-state index in [1.165, 1.54) is 33.4 Å². The van der Waals surface area contributed by atoms with Crippen molar-refractivity contribution in [3.8, 4) is 11.5 Å². The molecule has 4 aliphatic rings. The van der Waals surface area contributed by atoms with E-state index in [0.29, 0.717) is 43.0 Å². The number of carboxylic acid groups (broad SMARTS) is 1. The quantitative estimate of drug-likeness (QED) is 0.0861. The van der Waals surface area contributed by atoms with E-state index in [2.05, 4.69) is 79.1 Å². The minimum absolute atomic E-state index is 0. The van der Waals surface area contributed by atoms with Crippen molar-refractivity contribution in [2.45, 2.75) is 99.2 Å². The molecule has 0 aromatic heterocycles. The van der Waals surface area contributed by atoms with Crippen molar-refractivity contribution in [1.29, 1.82) is 0 Å². The average molecular weight is 924 g/mol. The molecule has 2 spiro atoms. The molecule has 4 aromatic carbocycles. The number of halogens is 2. The van der Waals surface area contributed by atoms with Crippen molar-refractivity contribution in [2.75, 3.05) is 45.9 Å². The summed E-state index contributed by atoms with van der Waals surface area (Å²) < 4.78 is 17.4. The summed E-state index contributed by atoms with van der Waals surface area (Å²) in [6.07, 6.45) is 7.06. The molecule has 0 amide bonds. The molecule has 0 saturated carbocycles. The molecule has 64 heavy (non-hydrogen) atoms. The number of carboxylic acids is 1. The molecule has 340 valence electrons. The van der Waals surface area contributed by atoms with Gasteiger partial charge in [-0.1, -0.05) is 87.3 Å². The Bertz CT molecular complexity index is 2220. The molecule has 2 atom stereocenters. The van der Waals surface area contributed by atoms with E-state index < -0.39 is 5.97 Å². The van der Waals surface area contributed by atoms with Gasteiger partial charge >= 0.3 is 41.5 Å². The minimum atomic E-state index is -0.707. The fourth-order valence-corrected chi connectivity index (χ4v) is 11.1. The van der Waals surface area contributed by atoms with Crippen molar-refractivity contribution < 1.29 is 63.9 Å². The molecule has 0 radical (unpaired) electrons. The first kappa shape index (κ1) is 51.9. The molecule has 2 unspecified atom stereocenters. The van der Waals surface area contributed by atoms with E-state index in [9.17, 15) is 9.59 Å². The van der Waals surface area contributed by atoms with Crippen molar-refractivity contribution in [3.05, 3.63) is 127 Å². The van der Waals surface area contributed by atoms with Crippen molar-refractivity contribution >= 4 is 35.1 Å². The molecular weight excluding hydrogens is 858 g/mol. The Morgan fingerprint density at radius 3 is 1.48 bits per heavy atom. The second-order valence-corrected chi connectivity index (χ2v) is 19.6. The number of ether oxygens (including phenoxy) is 3. The van der Waals surface area contributed by atoms with Crippen LogP contribution in [0.5, 0.6) is 11.5 Å². The van der Waals surface area contributed by atoms with Crippen LogP contribution in [0.2, 0.25) is 10.0 Å². The van der Waals surface area contributed by atoms with Crippen LogP contribution >= 0.6 is 23.2 Å². The molecule has 12 heteroatoms. The predicted octanol–water partition coefficient (Wildman–Crippen LogP) is 7.29. The number of likely N-dealkylation sites (tertiary alicyclic amines) is 2. The Kier molecular flexibility index (Phi) is 18.7. The van der Waals surface area contributed by atoms with E-state index >= 15 is 0 Å². The van der Waals surface area contributed by atoms with Crippen LogP contribution in [0.1, 0.15) is 92.0 Å². The number of aliphatic carboxylic acids is 1. The molecule has 8 rings (SSSR count). The van der Waals surface area contributed by atoms with Gasteiger partial charge in [0.15, 0.2) is 0 Å². The Morgan fingerprint density at radius 1 is 0.656 bits per heavy atom. The zero-order chi connectivity index (χ0) is 44.0. The summed E-state index contributed by atoms with van der Waals surface area (Å²) >= 11 is 12.8. The van der Waals surface area contributed by atoms with Crippen molar-refractivity contribution in [3.63, 3.8) is 0 Å². The van der Waals surface area contributed by atoms with E-state index in [0.717, 1.165) is 110 Å². The number of esters is 1. The van der Waals surface area contributed by atoms with Crippen LogP contribution < -0.4 is 39.0 Å². The van der Waals surface area contributed by atoms with Crippen LogP contribution in [0.15, 0.2) is 72.8 Å². The molecule has 9 nitrogen and oxygen atoms in total. The van der Waals surface area contributed by atoms with Crippen molar-refractivity contribution in [2.24, 2.45) is 22.7 Å². The molecule has 2 saturated heterocycles. The Balaban J connectivity index is 0.000000234. The van der Waals surface area contributed by atoms with E-state index in [-0.39, 0.29) is 53.3 Å². The summed E-state index contributed by atoms with van der Waals surface area (Å²) in [7, 11) is 0. The standard InChI is InChI=1S/C27H34ClNO3.C25H30ClNO3.Na.H2O/c1-4-20-7-6-8-25(28)24(20)16-32-23-10-9-21-13-27(14-22(21)12-23)17-29(18-27)15-19(3)11-26(30)31-5-2;1-3-18-5-4-6-23(26)22(18)14-30-21-8-7-19-11-25(12-20(19)10-21)15-27(16-25)13-17(2)9-24(28)29;;/h6-10,12,19H,4-5,11,13-18H2,1-3H3;4-8,10,17H,3,9,11-16H2,1-2H3,(H,28,29);;1H2/q;;+1;/p-1. The second kappa shape index (κ2) is 23.1. The van der Waals surface area contributed by atoms with Crippen LogP contribution in [0.4, 0.5) is 0 Å². The molecule has 2 aliphatic carbocycles. The summed E-state index contributed by atoms with van der Waals surface area (Å²) in [5.41, 5.74) is 11.0. The van der Waals surface area contributed by atoms with E-state index in [1.807, 2.05) is 38.1 Å². The van der Waals surface area contributed by atoms with Crippen molar-refractivity contribution in [1.82, 2.24) is 9.80 Å². The number of rotatable bonds is 17. The maximum Gasteiger partial charge on any atom is 1.00 e. The summed E-state index contributed by atoms with van der Waals surface area (Å²) in [5, 5.41) is 10.5. The monoisotopic (exact) mass is 922 g/mol. The van der Waals surface area contributed by atoms with Gasteiger partial charge in [0, 0.05) is 84.1 Å². The van der Waals surface area contributed by atoms with Gasteiger partial charge in [-0.15, -0.1) is 0 Å². The number of fused-ring (bicyclic) bond motifs is 2. The van der Waals surface area contributed by atoms with Crippen LogP contribution in [0, 0.1) is 22.7 Å². The first-order valence-electron chi connectivity index (χ1n) is 22.6. The predicted molar refractivity (Wildman–Crippen MR) is 250 cm³/mol. The molecule has 4 aromatic rings. The van der Waals surface area contributed by atoms with Crippen LogP contribution in [-0.2, 0) is 66.1 Å². The van der Waals surface area contributed by atoms with Crippen LogP contribution in [-0.4, -0.2) is 78.2 Å². The summed E-state index contributed by atoms with van der Waals surface area (Å²) in [6.45, 7) is 17.9. The summed E-state index contributed by atoms with van der Waals surface area (Å²) in [5.74, 6) is 1.55. The van der Waals surface area contributed by atoms with Gasteiger partial charge in [-0.2, -0.15) is 0 Å². The largest absolute Gasteiger partial charge is 1.00 e. The SMILES string of the molecule is CCOC(=O)CC(C)CN1CC2(Cc3ccc(OCc4c(Cl)cccc4CC)cc3C2)C1.CCc1cccc(Cl)c1COc1ccc2c(c1)CC1(C2)CN(CC(C)CC(=O)O)C1.[Na+].[OH-]. The van der Waals surface area contributed by atoms with Gasteiger partial charge in [-0.25, -0.2) is 0 Å². The maximum absolute atomic E-state index is 11.7. The first-order valence-corrected chi connectivity index (χ1v) is 23.4. The van der Waals surface area contributed by atoms with E-state index in [4.69, 9.17) is 42.5 Å². The second-order valence-electron chi connectivity index (χ2n) is 18.8. The molecule has 2 fully saturated rings. The number of nitrogens with zero attached hydrogens (tertiary/aromatic N) is 2. The van der Waals surface area contributed by atoms with Gasteiger partial charge in [-0.05, 0) is 127 Å². The Morgan fingerprint density at radius 2 is 1.08 bits per heavy atom. The number of carbonyl (C=O) groups excluding carboxylic acids is 1. The molecule has 0 bridgehead atoms. The van der Waals surface area contributed by atoms with Gasteiger partial charge in [0.2, 0.25) is 0 Å². The maximum atomic E-state index is 11.7. The van der Waals surface area contributed by atoms with Gasteiger partial charge in [-0.3, -0.25) is 9.59 Å². The fraction of sp³-hybridized carbons (Fsp3) is 0.500. The van der Waals surface area contributed by atoms with Gasteiger partial charge < -0.3 is 34.6 Å². The first-order chi connectivity index (χ1) is 29.8. The molecule has 2 aliphatic heterocycles. The summed E-state index contributed by atoms with van der Waals surface area (Å²) in [6, 6.07) is 25.1. The zero-order valence-corrected chi connectivity index (χ0v) is 42.2. The smallest absolute Gasteiger partial charge is 0.870 e. The topological polar surface area (TPSA) is 119 Å². The van der Waals surface area contributed by atoms with E-state index in [1.54, 1.807) is 0 Å². The summed E-state index contributed by atoms with van der Waals surface area (Å²) in [4.78, 5) is 27.5. The fourth-order valence-electron chi connectivity index (χ4n) is 10.6.